The second-order valence-electron chi connectivity index (χ2n) is 15.3. The molecule has 0 spiro atoms. The van der Waals surface area contributed by atoms with E-state index in [-0.39, 0.29) is 0 Å². The van der Waals surface area contributed by atoms with E-state index in [1.165, 1.54) is 76.0 Å². The van der Waals surface area contributed by atoms with Gasteiger partial charge in [0.25, 0.3) is 0 Å². The van der Waals surface area contributed by atoms with Crippen LogP contribution in [0, 0.1) is 0 Å². The van der Waals surface area contributed by atoms with Crippen molar-refractivity contribution in [2.45, 2.75) is 0 Å². The Kier molecular flexibility index (Phi) is 7.54. The SMILES string of the molecule is c1ccc(-c2cc(-c3ccccc3)nc(-c3ccc4c(c3)c3ccccc3c3cccc(-c5ccc6c(c5)c5ccccc5n6-c5ccc6ccccc6c5)c34)n2)cc1. The monoisotopic (exact) mass is 749 g/mol. The molecule has 0 aliphatic rings. The van der Waals surface area contributed by atoms with Gasteiger partial charge in [-0.1, -0.05) is 170 Å². The summed E-state index contributed by atoms with van der Waals surface area (Å²) >= 11 is 0. The first-order chi connectivity index (χ1) is 29.2. The summed E-state index contributed by atoms with van der Waals surface area (Å²) in [4.78, 5) is 10.4. The highest BCUT2D eigenvalue weighted by molar-refractivity contribution is 6.29. The molecule has 0 radical (unpaired) electrons. The number of fused-ring (bicyclic) bond motifs is 10. The minimum Gasteiger partial charge on any atom is -0.309 e. The lowest BCUT2D eigenvalue weighted by Gasteiger charge is -2.16. The second-order valence-corrected chi connectivity index (χ2v) is 15.3. The van der Waals surface area contributed by atoms with Gasteiger partial charge in [-0.3, -0.25) is 0 Å². The molecule has 0 bridgehead atoms. The summed E-state index contributed by atoms with van der Waals surface area (Å²) in [5.74, 6) is 0.706. The van der Waals surface area contributed by atoms with E-state index < -0.39 is 0 Å². The number of rotatable bonds is 5. The number of hydrogen-bond acceptors (Lipinski definition) is 2. The Labute approximate surface area is 341 Å². The van der Waals surface area contributed by atoms with Crippen LogP contribution in [0.15, 0.2) is 212 Å². The summed E-state index contributed by atoms with van der Waals surface area (Å²) in [5, 5.41) is 12.3. The molecule has 274 valence electrons. The molecule has 0 saturated heterocycles. The van der Waals surface area contributed by atoms with E-state index in [2.05, 4.69) is 205 Å². The van der Waals surface area contributed by atoms with Gasteiger partial charge in [-0.2, -0.15) is 0 Å². The molecule has 2 aromatic heterocycles. The van der Waals surface area contributed by atoms with Crippen LogP contribution < -0.4 is 0 Å². The highest BCUT2D eigenvalue weighted by Crippen LogP contribution is 2.43. The molecule has 0 fully saturated rings. The van der Waals surface area contributed by atoms with Crippen molar-refractivity contribution >= 4 is 64.9 Å². The van der Waals surface area contributed by atoms with Crippen molar-refractivity contribution in [3.8, 4) is 50.7 Å². The third-order valence-electron chi connectivity index (χ3n) is 12.0. The fourth-order valence-electron chi connectivity index (χ4n) is 9.21. The summed E-state index contributed by atoms with van der Waals surface area (Å²) in [5.41, 5.74) is 10.9. The van der Waals surface area contributed by atoms with Crippen LogP contribution in [0.1, 0.15) is 0 Å². The molecule has 0 saturated carbocycles. The van der Waals surface area contributed by atoms with Crippen molar-refractivity contribution in [3.63, 3.8) is 0 Å². The lowest BCUT2D eigenvalue weighted by molar-refractivity contribution is 1.18. The number of aromatic nitrogens is 3. The fraction of sp³-hybridized carbons (Fsp3) is 0. The van der Waals surface area contributed by atoms with E-state index in [9.17, 15) is 0 Å². The quantitative estimate of drug-likeness (QED) is 0.164. The minimum absolute atomic E-state index is 0.706. The Morgan fingerprint density at radius 3 is 1.64 bits per heavy atom. The average Bonchev–Trinajstić information content (AvgIpc) is 3.65. The molecule has 0 unspecified atom stereocenters. The normalized spacial score (nSPS) is 11.7. The van der Waals surface area contributed by atoms with E-state index in [1.807, 2.05) is 12.1 Å². The Bertz CT molecular complexity index is 3550. The maximum absolute atomic E-state index is 5.19. The molecule has 0 aliphatic carbocycles. The molecule has 12 aromatic rings. The van der Waals surface area contributed by atoms with Gasteiger partial charge in [0, 0.05) is 33.2 Å². The summed E-state index contributed by atoms with van der Waals surface area (Å²) in [6.45, 7) is 0. The van der Waals surface area contributed by atoms with Crippen LogP contribution in [-0.4, -0.2) is 14.5 Å². The van der Waals surface area contributed by atoms with E-state index in [1.54, 1.807) is 0 Å². The fourth-order valence-corrected chi connectivity index (χ4v) is 9.21. The van der Waals surface area contributed by atoms with Gasteiger partial charge in [-0.05, 0) is 96.7 Å². The first-order valence-electron chi connectivity index (χ1n) is 20.2. The van der Waals surface area contributed by atoms with E-state index in [0.717, 1.165) is 33.8 Å². The van der Waals surface area contributed by atoms with Crippen LogP contribution in [0.2, 0.25) is 0 Å². The lowest BCUT2D eigenvalue weighted by atomic mass is 9.88. The molecule has 2 heterocycles. The Morgan fingerprint density at radius 1 is 0.305 bits per heavy atom. The smallest absolute Gasteiger partial charge is 0.160 e. The first-order valence-corrected chi connectivity index (χ1v) is 20.2. The van der Waals surface area contributed by atoms with Crippen molar-refractivity contribution in [1.29, 1.82) is 0 Å². The zero-order valence-corrected chi connectivity index (χ0v) is 32.0. The predicted molar refractivity (Wildman–Crippen MR) is 248 cm³/mol. The van der Waals surface area contributed by atoms with E-state index in [4.69, 9.17) is 9.97 Å². The average molecular weight is 750 g/mol. The highest BCUT2D eigenvalue weighted by Gasteiger charge is 2.18. The van der Waals surface area contributed by atoms with Crippen LogP contribution in [0.4, 0.5) is 0 Å². The Morgan fingerprint density at radius 2 is 0.881 bits per heavy atom. The largest absolute Gasteiger partial charge is 0.309 e. The molecular formula is C56H35N3. The van der Waals surface area contributed by atoms with Crippen LogP contribution >= 0.6 is 0 Å². The molecular weight excluding hydrogens is 715 g/mol. The van der Waals surface area contributed by atoms with Crippen LogP contribution in [0.3, 0.4) is 0 Å². The predicted octanol–water partition coefficient (Wildman–Crippen LogP) is 14.9. The van der Waals surface area contributed by atoms with Gasteiger partial charge in [0.2, 0.25) is 0 Å². The maximum Gasteiger partial charge on any atom is 0.160 e. The molecule has 3 heteroatoms. The molecule has 12 rings (SSSR count). The van der Waals surface area contributed by atoms with Crippen LogP contribution in [0.25, 0.3) is 116 Å². The van der Waals surface area contributed by atoms with Crippen molar-refractivity contribution < 1.29 is 0 Å². The highest BCUT2D eigenvalue weighted by atomic mass is 15.0. The topological polar surface area (TPSA) is 30.7 Å². The lowest BCUT2D eigenvalue weighted by Crippen LogP contribution is -1.96. The van der Waals surface area contributed by atoms with Crippen molar-refractivity contribution in [2.24, 2.45) is 0 Å². The first kappa shape index (κ1) is 33.3. The molecule has 0 amide bonds. The Hall–Kier alpha value is -7.88. The number of para-hydroxylation sites is 1. The summed E-state index contributed by atoms with van der Waals surface area (Å²) in [6.07, 6.45) is 0. The number of nitrogens with zero attached hydrogens (tertiary/aromatic N) is 3. The van der Waals surface area contributed by atoms with Gasteiger partial charge >= 0.3 is 0 Å². The van der Waals surface area contributed by atoms with Crippen molar-refractivity contribution in [1.82, 2.24) is 14.5 Å². The van der Waals surface area contributed by atoms with Gasteiger partial charge in [-0.15, -0.1) is 0 Å². The molecule has 0 N–H and O–H groups in total. The van der Waals surface area contributed by atoms with E-state index in [0.29, 0.717) is 5.82 Å². The molecule has 10 aromatic carbocycles. The minimum atomic E-state index is 0.706. The van der Waals surface area contributed by atoms with E-state index >= 15 is 0 Å². The second kappa shape index (κ2) is 13.4. The zero-order chi connectivity index (χ0) is 38.9. The van der Waals surface area contributed by atoms with Crippen LogP contribution in [0.5, 0.6) is 0 Å². The Balaban J connectivity index is 1.07. The van der Waals surface area contributed by atoms with Gasteiger partial charge in [0.05, 0.1) is 22.4 Å². The third kappa shape index (κ3) is 5.44. The van der Waals surface area contributed by atoms with Crippen molar-refractivity contribution in [2.75, 3.05) is 0 Å². The van der Waals surface area contributed by atoms with Crippen molar-refractivity contribution in [3.05, 3.63) is 212 Å². The van der Waals surface area contributed by atoms with Gasteiger partial charge in [0.15, 0.2) is 5.82 Å². The van der Waals surface area contributed by atoms with Gasteiger partial charge < -0.3 is 4.57 Å². The van der Waals surface area contributed by atoms with Gasteiger partial charge in [-0.25, -0.2) is 9.97 Å². The summed E-state index contributed by atoms with van der Waals surface area (Å²) in [6, 6.07) is 76.4. The molecule has 0 aliphatic heterocycles. The molecule has 3 nitrogen and oxygen atoms in total. The maximum atomic E-state index is 5.19. The standard InChI is InChI=1S/C56H35N3/c1-3-15-37(16-4-1)51-35-52(38-17-5-2-6-18-38)58-56(57-51)41-27-30-48-49(34-41)45-21-10-9-20-44(45)47-24-13-23-43(55(47)48)40-28-31-54-50(33-40)46-22-11-12-25-53(46)59(54)42-29-26-36-14-7-8-19-39(36)32-42/h1-35H. The zero-order valence-electron chi connectivity index (χ0n) is 32.0. The van der Waals surface area contributed by atoms with Gasteiger partial charge in [0.1, 0.15) is 0 Å². The molecule has 0 atom stereocenters. The number of benzene rings is 10. The number of hydrogen-bond donors (Lipinski definition) is 0. The summed E-state index contributed by atoms with van der Waals surface area (Å²) in [7, 11) is 0. The van der Waals surface area contributed by atoms with Crippen LogP contribution in [-0.2, 0) is 0 Å². The molecule has 59 heavy (non-hydrogen) atoms. The third-order valence-corrected chi connectivity index (χ3v) is 12.0. The summed E-state index contributed by atoms with van der Waals surface area (Å²) < 4.78 is 2.41.